The van der Waals surface area contributed by atoms with Crippen LogP contribution in [0.5, 0.6) is 0 Å². The molecule has 1 saturated carbocycles. The van der Waals surface area contributed by atoms with Gasteiger partial charge in [-0.25, -0.2) is 8.42 Å². The largest absolute Gasteiger partial charge is 0.390 e. The second kappa shape index (κ2) is 5.42. The van der Waals surface area contributed by atoms with Crippen molar-refractivity contribution >= 4 is 9.84 Å². The van der Waals surface area contributed by atoms with E-state index in [1.807, 2.05) is 0 Å². The molecular formula is C11H17F3O2S. The number of hydrogen-bond donors (Lipinski definition) is 0. The fourth-order valence-corrected chi connectivity index (χ4v) is 3.73. The van der Waals surface area contributed by atoms with Crippen LogP contribution in [0.15, 0.2) is 12.2 Å². The van der Waals surface area contributed by atoms with E-state index < -0.39 is 28.2 Å². The molecule has 2 nitrogen and oxygen atoms in total. The molecule has 1 rings (SSSR count). The van der Waals surface area contributed by atoms with E-state index in [4.69, 9.17) is 0 Å². The second-order valence-corrected chi connectivity index (χ2v) is 6.90. The van der Waals surface area contributed by atoms with Crippen LogP contribution in [0, 0.1) is 5.92 Å². The first-order valence-electron chi connectivity index (χ1n) is 5.62. The zero-order valence-electron chi connectivity index (χ0n) is 9.59. The van der Waals surface area contributed by atoms with Crippen molar-refractivity contribution in [3.63, 3.8) is 0 Å². The van der Waals surface area contributed by atoms with E-state index in [1.165, 1.54) is 0 Å². The average molecular weight is 270 g/mol. The van der Waals surface area contributed by atoms with Gasteiger partial charge in [-0.15, -0.1) is 0 Å². The first kappa shape index (κ1) is 14.5. The second-order valence-electron chi connectivity index (χ2n) is 4.67. The summed E-state index contributed by atoms with van der Waals surface area (Å²) in [6.45, 7) is 3.82. The third-order valence-electron chi connectivity index (χ3n) is 3.00. The summed E-state index contributed by atoms with van der Waals surface area (Å²) in [5.41, 5.74) is 1.11. The molecule has 0 N–H and O–H groups in total. The van der Waals surface area contributed by atoms with E-state index in [0.717, 1.165) is 31.3 Å². The molecule has 6 heteroatoms. The highest BCUT2D eigenvalue weighted by Crippen LogP contribution is 2.29. The van der Waals surface area contributed by atoms with Gasteiger partial charge in [0.1, 0.15) is 0 Å². The Morgan fingerprint density at radius 2 is 1.76 bits per heavy atom. The minimum Gasteiger partial charge on any atom is -0.229 e. The van der Waals surface area contributed by atoms with Gasteiger partial charge < -0.3 is 0 Å². The maximum Gasteiger partial charge on any atom is 0.390 e. The molecule has 0 aromatic rings. The molecule has 0 aromatic heterocycles. The molecule has 0 aliphatic heterocycles. The van der Waals surface area contributed by atoms with Crippen LogP contribution in [0.3, 0.4) is 0 Å². The van der Waals surface area contributed by atoms with Gasteiger partial charge in [-0.3, -0.25) is 0 Å². The highest BCUT2D eigenvalue weighted by Gasteiger charge is 2.31. The van der Waals surface area contributed by atoms with Crippen molar-refractivity contribution in [2.75, 3.05) is 11.5 Å². The summed E-state index contributed by atoms with van der Waals surface area (Å²) in [6.07, 6.45) is -2.60. The Morgan fingerprint density at radius 3 is 2.24 bits per heavy atom. The quantitative estimate of drug-likeness (QED) is 0.736. The highest BCUT2D eigenvalue weighted by molar-refractivity contribution is 7.91. The Bertz CT molecular complexity index is 361. The standard InChI is InChI=1S/C11H17F3O2S/c1-9-2-4-10(5-3-9)8-17(15,16)7-6-11(12,13)14/h10H,1-8H2. The topological polar surface area (TPSA) is 34.1 Å². The number of hydrogen-bond acceptors (Lipinski definition) is 2. The van der Waals surface area contributed by atoms with Crippen LogP contribution in [0.1, 0.15) is 32.1 Å². The minimum absolute atomic E-state index is 0.00117. The van der Waals surface area contributed by atoms with Crippen LogP contribution in [-0.4, -0.2) is 26.1 Å². The van der Waals surface area contributed by atoms with Crippen LogP contribution >= 0.6 is 0 Å². The first-order valence-corrected chi connectivity index (χ1v) is 7.44. The van der Waals surface area contributed by atoms with Gasteiger partial charge in [0.05, 0.1) is 17.9 Å². The van der Waals surface area contributed by atoms with Crippen LogP contribution < -0.4 is 0 Å². The van der Waals surface area contributed by atoms with Crippen molar-refractivity contribution in [2.24, 2.45) is 5.92 Å². The number of halogens is 3. The maximum atomic E-state index is 11.9. The lowest BCUT2D eigenvalue weighted by atomic mass is 9.88. The van der Waals surface area contributed by atoms with Crippen molar-refractivity contribution < 1.29 is 21.6 Å². The summed E-state index contributed by atoms with van der Waals surface area (Å²) in [5, 5.41) is 0. The fraction of sp³-hybridized carbons (Fsp3) is 0.818. The van der Waals surface area contributed by atoms with Gasteiger partial charge in [-0.1, -0.05) is 12.2 Å². The van der Waals surface area contributed by atoms with Crippen molar-refractivity contribution in [1.29, 1.82) is 0 Å². The summed E-state index contributed by atoms with van der Waals surface area (Å²) in [7, 11) is -3.58. The van der Waals surface area contributed by atoms with E-state index in [1.54, 1.807) is 0 Å². The van der Waals surface area contributed by atoms with Gasteiger partial charge in [-0.2, -0.15) is 13.2 Å². The SMILES string of the molecule is C=C1CCC(CS(=O)(=O)CCC(F)(F)F)CC1. The monoisotopic (exact) mass is 270 g/mol. The zero-order chi connectivity index (χ0) is 13.1. The molecule has 100 valence electrons. The van der Waals surface area contributed by atoms with Crippen molar-refractivity contribution in [3.05, 3.63) is 12.2 Å². The van der Waals surface area contributed by atoms with Gasteiger partial charge in [-0.05, 0) is 31.6 Å². The Balaban J connectivity index is 2.41. The van der Waals surface area contributed by atoms with Crippen LogP contribution in [-0.2, 0) is 9.84 Å². The van der Waals surface area contributed by atoms with Crippen LogP contribution in [0.4, 0.5) is 13.2 Å². The lowest BCUT2D eigenvalue weighted by Gasteiger charge is -2.23. The normalized spacial score (nSPS) is 19.6. The molecule has 0 unspecified atom stereocenters. The predicted molar refractivity (Wildman–Crippen MR) is 60.4 cm³/mol. The lowest BCUT2D eigenvalue weighted by molar-refractivity contribution is -0.129. The predicted octanol–water partition coefficient (Wildman–Crippen LogP) is 3.10. The molecule has 0 aromatic carbocycles. The minimum atomic E-state index is -4.39. The Labute approximate surface area is 99.8 Å². The van der Waals surface area contributed by atoms with Gasteiger partial charge in [0.25, 0.3) is 0 Å². The van der Waals surface area contributed by atoms with Crippen LogP contribution in [0.2, 0.25) is 0 Å². The fourth-order valence-electron chi connectivity index (χ4n) is 1.97. The Hall–Kier alpha value is -0.520. The summed E-state index contributed by atoms with van der Waals surface area (Å²) >= 11 is 0. The number of allylic oxidation sites excluding steroid dienone is 1. The first-order chi connectivity index (χ1) is 7.68. The number of rotatable bonds is 4. The molecule has 0 heterocycles. The Morgan fingerprint density at radius 1 is 1.24 bits per heavy atom. The lowest BCUT2D eigenvalue weighted by Crippen LogP contribution is -2.24. The van der Waals surface area contributed by atoms with Gasteiger partial charge in [0.15, 0.2) is 9.84 Å². The summed E-state index contributed by atoms with van der Waals surface area (Å²) in [5.74, 6) is -0.900. The van der Waals surface area contributed by atoms with Crippen LogP contribution in [0.25, 0.3) is 0 Å². The number of alkyl halides is 3. The van der Waals surface area contributed by atoms with E-state index >= 15 is 0 Å². The van der Waals surface area contributed by atoms with Crippen molar-refractivity contribution in [1.82, 2.24) is 0 Å². The van der Waals surface area contributed by atoms with Gasteiger partial charge in [0.2, 0.25) is 0 Å². The van der Waals surface area contributed by atoms with E-state index in [0.29, 0.717) is 0 Å². The molecule has 0 amide bonds. The van der Waals surface area contributed by atoms with Gasteiger partial charge in [0, 0.05) is 0 Å². The molecule has 1 aliphatic rings. The molecule has 0 atom stereocenters. The molecule has 1 fully saturated rings. The van der Waals surface area contributed by atoms with E-state index in [9.17, 15) is 21.6 Å². The molecular weight excluding hydrogens is 253 g/mol. The van der Waals surface area contributed by atoms with Crippen molar-refractivity contribution in [3.8, 4) is 0 Å². The summed E-state index contributed by atoms with van der Waals surface area (Å²) in [4.78, 5) is 0. The average Bonchev–Trinajstić information content (AvgIpc) is 2.18. The number of sulfone groups is 1. The smallest absolute Gasteiger partial charge is 0.229 e. The highest BCUT2D eigenvalue weighted by atomic mass is 32.2. The summed E-state index contributed by atoms with van der Waals surface area (Å²) < 4.78 is 58.8. The molecule has 1 aliphatic carbocycles. The van der Waals surface area contributed by atoms with Crippen molar-refractivity contribution in [2.45, 2.75) is 38.3 Å². The molecule has 0 saturated heterocycles. The molecule has 0 spiro atoms. The maximum absolute atomic E-state index is 11.9. The third kappa shape index (κ3) is 6.10. The van der Waals surface area contributed by atoms with E-state index in [-0.39, 0.29) is 11.7 Å². The Kier molecular flexibility index (Phi) is 4.63. The summed E-state index contributed by atoms with van der Waals surface area (Å²) in [6, 6.07) is 0. The molecule has 0 radical (unpaired) electrons. The molecule has 17 heavy (non-hydrogen) atoms. The molecule has 0 bridgehead atoms. The van der Waals surface area contributed by atoms with E-state index in [2.05, 4.69) is 6.58 Å². The zero-order valence-corrected chi connectivity index (χ0v) is 10.4. The third-order valence-corrected chi connectivity index (χ3v) is 4.80. The van der Waals surface area contributed by atoms with Gasteiger partial charge >= 0.3 is 6.18 Å².